The third kappa shape index (κ3) is 7.96. The van der Waals surface area contributed by atoms with Crippen molar-refractivity contribution in [1.29, 1.82) is 0 Å². The molecule has 10 heteroatoms. The standard InChI is InChI=1S/C32H37BrN4O5/c1-23(38)37(22-25-8-4-3-5-9-25,19-16-24-14-17-36(18-15-24)21-31(39)40)26-12-13-29(30(20-26)42-2)35-32(41)34-28-11-7-6-10-27(28)33/h3-13,20,24H,14-19,21-22H2,1-2H3,(H2-,34,35,39,40,41)/p+1. The number of anilines is 2. The number of piperidine rings is 1. The second kappa shape index (κ2) is 14.4. The van der Waals surface area contributed by atoms with Crippen LogP contribution in [0.1, 0.15) is 31.7 Å². The second-order valence-electron chi connectivity index (χ2n) is 10.7. The summed E-state index contributed by atoms with van der Waals surface area (Å²) in [5.74, 6) is 0.0533. The number of halogens is 1. The summed E-state index contributed by atoms with van der Waals surface area (Å²) in [7, 11) is 1.54. The van der Waals surface area contributed by atoms with E-state index in [2.05, 4.69) is 26.6 Å². The maximum atomic E-state index is 13.6. The lowest BCUT2D eigenvalue weighted by Crippen LogP contribution is -2.53. The molecule has 1 saturated heterocycles. The van der Waals surface area contributed by atoms with Crippen molar-refractivity contribution in [2.75, 3.05) is 43.9 Å². The molecular formula is C32H38BrN4O5+. The molecule has 3 aromatic rings. The van der Waals surface area contributed by atoms with Crippen molar-refractivity contribution in [3.8, 4) is 5.75 Å². The summed E-state index contributed by atoms with van der Waals surface area (Å²) in [5, 5.41) is 14.8. The minimum atomic E-state index is -0.805. The Morgan fingerprint density at radius 1 is 0.976 bits per heavy atom. The van der Waals surface area contributed by atoms with Gasteiger partial charge in [-0.2, -0.15) is 0 Å². The Morgan fingerprint density at radius 2 is 1.64 bits per heavy atom. The minimum Gasteiger partial charge on any atom is -0.494 e. The van der Waals surface area contributed by atoms with E-state index in [1.54, 1.807) is 26.2 Å². The van der Waals surface area contributed by atoms with Gasteiger partial charge in [0, 0.05) is 28.6 Å². The average molecular weight is 639 g/mol. The predicted octanol–water partition coefficient (Wildman–Crippen LogP) is 6.34. The maximum Gasteiger partial charge on any atom is 0.323 e. The molecule has 1 heterocycles. The van der Waals surface area contributed by atoms with Gasteiger partial charge in [-0.25, -0.2) is 14.1 Å². The third-order valence-electron chi connectivity index (χ3n) is 7.93. The van der Waals surface area contributed by atoms with E-state index in [1.807, 2.05) is 65.6 Å². The number of benzene rings is 3. The molecule has 1 fully saturated rings. The Hall–Kier alpha value is -3.73. The molecule has 0 radical (unpaired) electrons. The van der Waals surface area contributed by atoms with E-state index in [4.69, 9.17) is 9.84 Å². The molecule has 222 valence electrons. The van der Waals surface area contributed by atoms with Gasteiger partial charge in [0.1, 0.15) is 18.0 Å². The quantitative estimate of drug-likeness (QED) is 0.212. The van der Waals surface area contributed by atoms with Crippen molar-refractivity contribution >= 4 is 50.9 Å². The first-order valence-corrected chi connectivity index (χ1v) is 14.9. The highest BCUT2D eigenvalue weighted by atomic mass is 79.9. The van der Waals surface area contributed by atoms with Gasteiger partial charge in [0.05, 0.1) is 38.5 Å². The number of nitrogens with zero attached hydrogens (tertiary/aromatic N) is 2. The number of carboxylic acid groups (broad SMARTS) is 1. The van der Waals surface area contributed by atoms with E-state index in [9.17, 15) is 14.4 Å². The number of ether oxygens (including phenoxy) is 1. The zero-order valence-corrected chi connectivity index (χ0v) is 25.6. The number of nitrogens with one attached hydrogen (secondary N) is 2. The lowest BCUT2D eigenvalue weighted by molar-refractivity contribution is -0.138. The van der Waals surface area contributed by atoms with Crippen LogP contribution in [0.3, 0.4) is 0 Å². The van der Waals surface area contributed by atoms with Crippen LogP contribution in [-0.4, -0.2) is 61.2 Å². The van der Waals surface area contributed by atoms with Crippen molar-refractivity contribution in [1.82, 2.24) is 9.38 Å². The number of methoxy groups -OCH3 is 1. The summed E-state index contributed by atoms with van der Waals surface area (Å²) in [6.45, 7) is 4.24. The molecule has 9 nitrogen and oxygen atoms in total. The highest BCUT2D eigenvalue weighted by molar-refractivity contribution is 9.10. The van der Waals surface area contributed by atoms with Gasteiger partial charge < -0.3 is 20.5 Å². The van der Waals surface area contributed by atoms with Crippen LogP contribution >= 0.6 is 15.9 Å². The normalized spacial score (nSPS) is 15.4. The summed E-state index contributed by atoms with van der Waals surface area (Å²) >= 11 is 3.44. The second-order valence-corrected chi connectivity index (χ2v) is 11.6. The fourth-order valence-corrected chi connectivity index (χ4v) is 5.94. The molecule has 3 aromatic carbocycles. The van der Waals surface area contributed by atoms with E-state index in [0.717, 1.165) is 48.1 Å². The van der Waals surface area contributed by atoms with E-state index in [1.165, 1.54) is 0 Å². The van der Waals surface area contributed by atoms with Gasteiger partial charge in [0.25, 0.3) is 0 Å². The van der Waals surface area contributed by atoms with Crippen LogP contribution in [0, 0.1) is 5.92 Å². The molecule has 0 bridgehead atoms. The molecule has 0 spiro atoms. The van der Waals surface area contributed by atoms with Gasteiger partial charge in [-0.3, -0.25) is 9.69 Å². The number of rotatable bonds is 11. The first-order chi connectivity index (χ1) is 20.2. The molecule has 3 amide bonds. The largest absolute Gasteiger partial charge is 0.494 e. The number of hydrogen-bond donors (Lipinski definition) is 3. The van der Waals surface area contributed by atoms with Gasteiger partial charge in [-0.05, 0) is 66.0 Å². The van der Waals surface area contributed by atoms with Crippen molar-refractivity contribution in [3.05, 3.63) is 82.8 Å². The highest BCUT2D eigenvalue weighted by Crippen LogP contribution is 2.36. The number of likely N-dealkylation sites (tertiary alicyclic amines) is 1. The van der Waals surface area contributed by atoms with Gasteiger partial charge >= 0.3 is 17.9 Å². The van der Waals surface area contributed by atoms with Gasteiger partial charge in [0.15, 0.2) is 0 Å². The molecule has 1 aliphatic rings. The molecule has 4 rings (SSSR count). The van der Waals surface area contributed by atoms with Crippen LogP contribution in [-0.2, 0) is 16.1 Å². The van der Waals surface area contributed by atoms with E-state index >= 15 is 0 Å². The zero-order valence-electron chi connectivity index (χ0n) is 24.0. The van der Waals surface area contributed by atoms with Crippen molar-refractivity contribution < 1.29 is 24.2 Å². The summed E-state index contributed by atoms with van der Waals surface area (Å²) in [6, 6.07) is 22.4. The van der Waals surface area contributed by atoms with Gasteiger partial charge in [0.2, 0.25) is 0 Å². The number of quaternary nitrogens is 1. The molecular weight excluding hydrogens is 600 g/mol. The Kier molecular flexibility index (Phi) is 10.7. The molecule has 0 aromatic heterocycles. The molecule has 1 unspecified atom stereocenters. The van der Waals surface area contributed by atoms with E-state index in [0.29, 0.717) is 36.1 Å². The van der Waals surface area contributed by atoms with Crippen LogP contribution in [0.15, 0.2) is 77.3 Å². The minimum absolute atomic E-state index is 0.0107. The molecule has 42 heavy (non-hydrogen) atoms. The van der Waals surface area contributed by atoms with Crippen LogP contribution in [0.25, 0.3) is 0 Å². The van der Waals surface area contributed by atoms with Crippen molar-refractivity contribution in [2.45, 2.75) is 32.7 Å². The van der Waals surface area contributed by atoms with Crippen LogP contribution in [0.2, 0.25) is 0 Å². The summed E-state index contributed by atoms with van der Waals surface area (Å²) < 4.78 is 6.56. The Labute approximate surface area is 255 Å². The number of carboxylic acids is 1. The summed E-state index contributed by atoms with van der Waals surface area (Å²) in [5.41, 5.74) is 2.94. The lowest BCUT2D eigenvalue weighted by Gasteiger charge is -2.37. The summed E-state index contributed by atoms with van der Waals surface area (Å²) in [4.78, 5) is 39.5. The highest BCUT2D eigenvalue weighted by Gasteiger charge is 2.38. The average Bonchev–Trinajstić information content (AvgIpc) is 2.97. The fourth-order valence-electron chi connectivity index (χ4n) is 5.56. The predicted molar refractivity (Wildman–Crippen MR) is 169 cm³/mol. The number of amides is 3. The topological polar surface area (TPSA) is 108 Å². The molecule has 0 saturated carbocycles. The molecule has 0 aliphatic carbocycles. The smallest absolute Gasteiger partial charge is 0.323 e. The van der Waals surface area contributed by atoms with Crippen LogP contribution in [0.5, 0.6) is 5.75 Å². The first kappa shape index (κ1) is 31.2. The zero-order chi connectivity index (χ0) is 30.1. The number of para-hydroxylation sites is 1. The monoisotopic (exact) mass is 637 g/mol. The number of carbonyl (C=O) groups excluding carboxylic acids is 2. The molecule has 1 aliphatic heterocycles. The van der Waals surface area contributed by atoms with Crippen LogP contribution in [0.4, 0.5) is 21.9 Å². The lowest BCUT2D eigenvalue weighted by atomic mass is 9.92. The summed E-state index contributed by atoms with van der Waals surface area (Å²) in [6.07, 6.45) is 2.62. The Bertz CT molecular complexity index is 1390. The number of aliphatic carboxylic acids is 1. The van der Waals surface area contributed by atoms with Gasteiger partial charge in [-0.1, -0.05) is 42.5 Å². The van der Waals surface area contributed by atoms with E-state index < -0.39 is 12.0 Å². The van der Waals surface area contributed by atoms with Crippen molar-refractivity contribution in [3.63, 3.8) is 0 Å². The Balaban J connectivity index is 1.58. The number of carbonyl (C=O) groups is 3. The van der Waals surface area contributed by atoms with Gasteiger partial charge in [-0.15, -0.1) is 0 Å². The fraction of sp³-hybridized carbons (Fsp3) is 0.344. The maximum absolute atomic E-state index is 13.6. The number of hydrogen-bond acceptors (Lipinski definition) is 5. The molecule has 3 N–H and O–H groups in total. The SMILES string of the molecule is COc1cc([N+](CCC2CCN(CC(=O)O)CC2)(Cc2ccccc2)C(C)=O)ccc1NC(=O)Nc1ccccc1Br. The third-order valence-corrected chi connectivity index (χ3v) is 8.62. The Morgan fingerprint density at radius 3 is 2.29 bits per heavy atom. The van der Waals surface area contributed by atoms with Crippen LogP contribution < -0.4 is 19.9 Å². The molecule has 1 atom stereocenters. The van der Waals surface area contributed by atoms with Crippen molar-refractivity contribution in [2.24, 2.45) is 5.92 Å². The first-order valence-electron chi connectivity index (χ1n) is 14.1. The number of urea groups is 1. The van der Waals surface area contributed by atoms with E-state index in [-0.39, 0.29) is 16.9 Å².